The quantitative estimate of drug-likeness (QED) is 0.247. The van der Waals surface area contributed by atoms with E-state index in [1.807, 2.05) is 0 Å². The molecule has 148 valence electrons. The fourth-order valence-corrected chi connectivity index (χ4v) is 4.71. The summed E-state index contributed by atoms with van der Waals surface area (Å²) in [6, 6.07) is 0. The summed E-state index contributed by atoms with van der Waals surface area (Å²) >= 11 is 24.3. The zero-order valence-corrected chi connectivity index (χ0v) is 18.5. The van der Waals surface area contributed by atoms with E-state index in [4.69, 9.17) is 51.8 Å². The van der Waals surface area contributed by atoms with E-state index in [1.165, 1.54) is 23.5 Å². The van der Waals surface area contributed by atoms with Crippen LogP contribution in [0.4, 0.5) is 4.79 Å². The van der Waals surface area contributed by atoms with Crippen LogP contribution in [0.3, 0.4) is 0 Å². The molecule has 0 aromatic carbocycles. The van der Waals surface area contributed by atoms with E-state index >= 15 is 0 Å². The highest BCUT2D eigenvalue weighted by atomic mass is 35.6. The summed E-state index contributed by atoms with van der Waals surface area (Å²) in [5.41, 5.74) is 0. The van der Waals surface area contributed by atoms with Gasteiger partial charge in [0.1, 0.15) is 22.2 Å². The van der Waals surface area contributed by atoms with E-state index in [9.17, 15) is 14.4 Å². The van der Waals surface area contributed by atoms with Crippen LogP contribution in [-0.4, -0.2) is 56.2 Å². The summed E-state index contributed by atoms with van der Waals surface area (Å²) in [6.45, 7) is 1.10. The first-order chi connectivity index (χ1) is 12.0. The average Bonchev–Trinajstić information content (AvgIpc) is 2.51. The predicted molar refractivity (Wildman–Crippen MR) is 109 cm³/mol. The van der Waals surface area contributed by atoms with Gasteiger partial charge in [-0.25, -0.2) is 4.79 Å². The molecule has 2 amide bonds. The number of carbonyl (C=O) groups excluding carboxylic acids is 3. The lowest BCUT2D eigenvalue weighted by Gasteiger charge is -2.38. The smallest absolute Gasteiger partial charge is 0.430 e. The third kappa shape index (κ3) is 8.71. The molecule has 1 aliphatic rings. The third-order valence-corrected chi connectivity index (χ3v) is 6.22. The van der Waals surface area contributed by atoms with Crippen molar-refractivity contribution in [2.75, 3.05) is 19.4 Å². The molecule has 0 radical (unpaired) electrons. The van der Waals surface area contributed by atoms with Crippen LogP contribution in [0, 0.1) is 5.92 Å². The number of amides is 2. The second kappa shape index (κ2) is 11.0. The van der Waals surface area contributed by atoms with Gasteiger partial charge in [0, 0.05) is 19.2 Å². The van der Waals surface area contributed by atoms with E-state index in [-0.39, 0.29) is 17.2 Å². The van der Waals surface area contributed by atoms with Crippen molar-refractivity contribution in [3.05, 3.63) is 0 Å². The number of alkyl halides is 3. The van der Waals surface area contributed by atoms with Crippen molar-refractivity contribution in [3.63, 3.8) is 0 Å². The van der Waals surface area contributed by atoms with Crippen molar-refractivity contribution in [1.82, 2.24) is 10.6 Å². The largest absolute Gasteiger partial charge is 0.508 e. The van der Waals surface area contributed by atoms with Gasteiger partial charge in [-0.05, 0) is 6.92 Å². The highest BCUT2D eigenvalue weighted by Crippen LogP contribution is 2.34. The Labute approximate surface area is 179 Å². The summed E-state index contributed by atoms with van der Waals surface area (Å²) in [5, 5.41) is 4.88. The Bertz CT molecular complexity index is 562. The Morgan fingerprint density at radius 3 is 2.62 bits per heavy atom. The van der Waals surface area contributed by atoms with Gasteiger partial charge in [0.15, 0.2) is 0 Å². The number of ether oxygens (including phenoxy) is 2. The summed E-state index contributed by atoms with van der Waals surface area (Å²) in [7, 11) is 1.56. The van der Waals surface area contributed by atoms with Crippen molar-refractivity contribution < 1.29 is 23.9 Å². The number of hydrogen-bond acceptors (Lipinski definition) is 8. The minimum atomic E-state index is -1.74. The molecule has 0 aromatic heterocycles. The minimum Gasteiger partial charge on any atom is -0.430 e. The Balaban J connectivity index is 2.40. The van der Waals surface area contributed by atoms with Gasteiger partial charge < -0.3 is 20.1 Å². The molecule has 1 rings (SSSR count). The molecule has 26 heavy (non-hydrogen) atoms. The summed E-state index contributed by atoms with van der Waals surface area (Å²) < 4.78 is 8.55. The Morgan fingerprint density at radius 2 is 2.08 bits per heavy atom. The SMILES string of the molecule is CNC(=O)CCSC(=S)S[C@H]1NC(=O)[C@H]1C(C)OC(=O)OCC(Cl)(Cl)Cl. The summed E-state index contributed by atoms with van der Waals surface area (Å²) in [6.07, 6.45) is -1.44. The average molecular weight is 484 g/mol. The number of β-lactam (4-membered cyclic amide) rings is 1. The van der Waals surface area contributed by atoms with Crippen LogP contribution >= 0.6 is 70.5 Å². The highest BCUT2D eigenvalue weighted by molar-refractivity contribution is 8.47. The summed E-state index contributed by atoms with van der Waals surface area (Å²) in [4.78, 5) is 34.5. The normalized spacial score (nSPS) is 20.4. The van der Waals surface area contributed by atoms with Crippen LogP contribution in [0.25, 0.3) is 0 Å². The second-order valence-corrected chi connectivity index (χ2v) is 11.0. The van der Waals surface area contributed by atoms with Crippen molar-refractivity contribution in [1.29, 1.82) is 0 Å². The molecule has 3 atom stereocenters. The molecule has 1 aliphatic heterocycles. The molecule has 0 aromatic rings. The van der Waals surface area contributed by atoms with E-state index in [0.717, 1.165) is 0 Å². The van der Waals surface area contributed by atoms with Gasteiger partial charge in [0.25, 0.3) is 0 Å². The standard InChI is InChI=1S/C13H17Cl3N2O5S3/c1-6(23-11(21)22-5-13(14,15)16)8-9(20)18-10(8)26-12(24)25-4-3-7(19)17-2/h6,8,10H,3-5H2,1-2H3,(H,17,19)(H,18,20)/t6?,8-,10-/m1/s1. The number of rotatable bonds is 7. The summed E-state index contributed by atoms with van der Waals surface area (Å²) in [5.74, 6) is -0.387. The number of carbonyl (C=O) groups is 3. The van der Waals surface area contributed by atoms with Crippen LogP contribution in [0.1, 0.15) is 13.3 Å². The minimum absolute atomic E-state index is 0.0736. The number of hydrogen-bond donors (Lipinski definition) is 2. The van der Waals surface area contributed by atoms with Crippen molar-refractivity contribution in [2.24, 2.45) is 5.92 Å². The molecule has 7 nitrogen and oxygen atoms in total. The molecular formula is C13H17Cl3N2O5S3. The van der Waals surface area contributed by atoms with Crippen LogP contribution in [0.15, 0.2) is 0 Å². The lowest BCUT2D eigenvalue weighted by atomic mass is 9.96. The molecule has 0 bridgehead atoms. The molecule has 0 saturated carbocycles. The maximum absolute atomic E-state index is 11.8. The maximum Gasteiger partial charge on any atom is 0.508 e. The van der Waals surface area contributed by atoms with Crippen LogP contribution < -0.4 is 10.6 Å². The first-order valence-electron chi connectivity index (χ1n) is 7.28. The lowest BCUT2D eigenvalue weighted by molar-refractivity contribution is -0.137. The van der Waals surface area contributed by atoms with Crippen LogP contribution in [0.5, 0.6) is 0 Å². The number of thioether (sulfide) groups is 2. The lowest BCUT2D eigenvalue weighted by Crippen LogP contribution is -2.61. The van der Waals surface area contributed by atoms with Crippen molar-refractivity contribution in [3.8, 4) is 0 Å². The van der Waals surface area contributed by atoms with Gasteiger partial charge in [-0.2, -0.15) is 0 Å². The Hall–Kier alpha value is -0.130. The molecule has 1 heterocycles. The Morgan fingerprint density at radius 1 is 1.42 bits per heavy atom. The van der Waals surface area contributed by atoms with E-state index < -0.39 is 28.6 Å². The van der Waals surface area contributed by atoms with Gasteiger partial charge >= 0.3 is 6.16 Å². The number of halogens is 3. The maximum atomic E-state index is 11.8. The second-order valence-electron chi connectivity index (χ2n) is 5.07. The van der Waals surface area contributed by atoms with Crippen LogP contribution in [-0.2, 0) is 19.1 Å². The highest BCUT2D eigenvalue weighted by Gasteiger charge is 2.46. The molecule has 0 aliphatic carbocycles. The molecule has 1 unspecified atom stereocenters. The zero-order valence-electron chi connectivity index (χ0n) is 13.8. The monoisotopic (exact) mass is 482 g/mol. The topological polar surface area (TPSA) is 93.7 Å². The molecule has 2 N–H and O–H groups in total. The van der Waals surface area contributed by atoms with Gasteiger partial charge in [-0.1, -0.05) is 58.8 Å². The van der Waals surface area contributed by atoms with Gasteiger partial charge in [0.05, 0.1) is 5.37 Å². The van der Waals surface area contributed by atoms with E-state index in [1.54, 1.807) is 14.0 Å². The van der Waals surface area contributed by atoms with E-state index in [0.29, 0.717) is 15.7 Å². The number of nitrogens with one attached hydrogen (secondary N) is 2. The fourth-order valence-electron chi connectivity index (χ4n) is 1.82. The molecule has 1 saturated heterocycles. The van der Waals surface area contributed by atoms with Gasteiger partial charge in [0.2, 0.25) is 15.6 Å². The van der Waals surface area contributed by atoms with E-state index in [2.05, 4.69) is 15.4 Å². The third-order valence-electron chi connectivity index (χ3n) is 3.11. The predicted octanol–water partition coefficient (Wildman–Crippen LogP) is 2.86. The molecular weight excluding hydrogens is 467 g/mol. The fraction of sp³-hybridized carbons (Fsp3) is 0.692. The van der Waals surface area contributed by atoms with Gasteiger partial charge in [-0.3, -0.25) is 9.59 Å². The number of thiocarbonyl (C=S) groups is 1. The molecule has 0 spiro atoms. The first-order valence-corrected chi connectivity index (χ1v) is 10.7. The zero-order chi connectivity index (χ0) is 19.9. The van der Waals surface area contributed by atoms with Crippen LogP contribution in [0.2, 0.25) is 0 Å². The van der Waals surface area contributed by atoms with Crippen molar-refractivity contribution in [2.45, 2.75) is 28.6 Å². The first kappa shape index (κ1) is 23.9. The molecule has 1 fully saturated rings. The van der Waals surface area contributed by atoms with Crippen molar-refractivity contribution >= 4 is 92.0 Å². The Kier molecular flexibility index (Phi) is 10.1. The van der Waals surface area contributed by atoms with Gasteiger partial charge in [-0.15, -0.1) is 11.8 Å². The molecule has 13 heteroatoms.